The molecule has 3 nitrogen and oxygen atoms in total. The molecule has 0 bridgehead atoms. The van der Waals surface area contributed by atoms with Crippen molar-refractivity contribution < 1.29 is 22.7 Å². The highest BCUT2D eigenvalue weighted by atomic mass is 79.9. The number of benzene rings is 1. The van der Waals surface area contributed by atoms with Gasteiger partial charge in [0.25, 0.3) is 0 Å². The molecule has 0 saturated heterocycles. The lowest BCUT2D eigenvalue weighted by Crippen LogP contribution is -2.30. The first-order valence-corrected chi connectivity index (χ1v) is 7.30. The van der Waals surface area contributed by atoms with Crippen LogP contribution in [0, 0.1) is 0 Å². The van der Waals surface area contributed by atoms with Crippen LogP contribution < -0.4 is 5.32 Å². The molecule has 0 aliphatic rings. The Balaban J connectivity index is 2.99. The zero-order valence-corrected chi connectivity index (χ0v) is 13.3. The molecule has 0 amide bonds. The van der Waals surface area contributed by atoms with Gasteiger partial charge in [-0.05, 0) is 40.5 Å². The molecule has 21 heavy (non-hydrogen) atoms. The summed E-state index contributed by atoms with van der Waals surface area (Å²) < 4.78 is 43.3. The summed E-state index contributed by atoms with van der Waals surface area (Å²) in [6.07, 6.45) is -2.30. The highest BCUT2D eigenvalue weighted by Crippen LogP contribution is 2.34. The second-order valence-electron chi connectivity index (χ2n) is 4.55. The topological polar surface area (TPSA) is 38.3 Å². The molecule has 0 aromatic heterocycles. The number of unbranched alkanes of at least 4 members (excludes halogenated alkanes) is 1. The van der Waals surface area contributed by atoms with Gasteiger partial charge in [-0.1, -0.05) is 19.8 Å². The van der Waals surface area contributed by atoms with E-state index in [4.69, 9.17) is 0 Å². The van der Waals surface area contributed by atoms with Crippen LogP contribution >= 0.6 is 15.9 Å². The molecule has 1 aromatic rings. The van der Waals surface area contributed by atoms with E-state index in [9.17, 15) is 18.0 Å². The Bertz CT molecular complexity index is 492. The molecule has 1 aromatic carbocycles. The molecule has 7 heteroatoms. The van der Waals surface area contributed by atoms with Crippen molar-refractivity contribution in [3.8, 4) is 0 Å². The fourth-order valence-corrected chi connectivity index (χ4v) is 2.16. The second-order valence-corrected chi connectivity index (χ2v) is 5.41. The van der Waals surface area contributed by atoms with Crippen molar-refractivity contribution in [2.45, 2.75) is 38.4 Å². The van der Waals surface area contributed by atoms with Gasteiger partial charge in [0.1, 0.15) is 6.04 Å². The number of nitrogens with one attached hydrogen (secondary N) is 1. The monoisotopic (exact) mass is 367 g/mol. The third-order valence-corrected chi connectivity index (χ3v) is 3.65. The highest BCUT2D eigenvalue weighted by Gasteiger charge is 2.31. The maximum atomic E-state index is 12.7. The maximum absolute atomic E-state index is 12.7. The summed E-state index contributed by atoms with van der Waals surface area (Å²) in [7, 11) is 1.25. The second kappa shape index (κ2) is 7.68. The molecule has 0 aliphatic heterocycles. The number of anilines is 1. The van der Waals surface area contributed by atoms with Crippen LogP contribution in [0.4, 0.5) is 18.9 Å². The molecule has 0 heterocycles. The Kier molecular flexibility index (Phi) is 6.51. The molecular formula is C14H17BrF3NO2. The van der Waals surface area contributed by atoms with Crippen LogP contribution in [0.1, 0.15) is 31.7 Å². The van der Waals surface area contributed by atoms with E-state index >= 15 is 0 Å². The van der Waals surface area contributed by atoms with Gasteiger partial charge < -0.3 is 10.1 Å². The van der Waals surface area contributed by atoms with E-state index < -0.39 is 23.8 Å². The van der Waals surface area contributed by atoms with Gasteiger partial charge in [-0.15, -0.1) is 0 Å². The minimum Gasteiger partial charge on any atom is -0.467 e. The molecule has 0 spiro atoms. The van der Waals surface area contributed by atoms with Crippen molar-refractivity contribution in [2.24, 2.45) is 0 Å². The third kappa shape index (κ3) is 5.22. The lowest BCUT2D eigenvalue weighted by Gasteiger charge is -2.19. The van der Waals surface area contributed by atoms with E-state index in [2.05, 4.69) is 26.0 Å². The fraction of sp³-hybridized carbons (Fsp3) is 0.500. The Morgan fingerprint density at radius 3 is 2.62 bits per heavy atom. The minimum atomic E-state index is -4.43. The number of hydrogen-bond acceptors (Lipinski definition) is 3. The van der Waals surface area contributed by atoms with Crippen LogP contribution in [0.2, 0.25) is 0 Å². The van der Waals surface area contributed by atoms with E-state index in [0.717, 1.165) is 25.0 Å². The van der Waals surface area contributed by atoms with Crippen LogP contribution in [0.15, 0.2) is 22.7 Å². The van der Waals surface area contributed by atoms with Crippen LogP contribution in [0.25, 0.3) is 0 Å². The molecular weight excluding hydrogens is 351 g/mol. The molecule has 0 aliphatic carbocycles. The fourth-order valence-electron chi connectivity index (χ4n) is 1.80. The summed E-state index contributed by atoms with van der Waals surface area (Å²) in [5, 5.41) is 2.82. The number of hydrogen-bond donors (Lipinski definition) is 1. The molecule has 118 valence electrons. The number of carbonyl (C=O) groups is 1. The highest BCUT2D eigenvalue weighted by molar-refractivity contribution is 9.10. The van der Waals surface area contributed by atoms with Crippen molar-refractivity contribution in [1.82, 2.24) is 0 Å². The van der Waals surface area contributed by atoms with Crippen LogP contribution in [-0.2, 0) is 15.7 Å². The lowest BCUT2D eigenvalue weighted by molar-refractivity contribution is -0.141. The molecule has 1 rings (SSSR count). The molecule has 1 N–H and O–H groups in total. The Hall–Kier alpha value is -1.24. The molecule has 1 unspecified atom stereocenters. The summed E-state index contributed by atoms with van der Waals surface area (Å²) >= 11 is 3.18. The number of carbonyl (C=O) groups excluding carboxylic acids is 1. The van der Waals surface area contributed by atoms with Crippen molar-refractivity contribution in [2.75, 3.05) is 12.4 Å². The number of esters is 1. The first-order valence-electron chi connectivity index (χ1n) is 6.50. The predicted octanol–water partition coefficient (Wildman–Crippen LogP) is 4.61. The van der Waals surface area contributed by atoms with E-state index in [1.54, 1.807) is 0 Å². The van der Waals surface area contributed by atoms with Crippen molar-refractivity contribution in [1.29, 1.82) is 0 Å². The van der Waals surface area contributed by atoms with Gasteiger partial charge in [0.15, 0.2) is 0 Å². The third-order valence-electron chi connectivity index (χ3n) is 2.96. The predicted molar refractivity (Wildman–Crippen MR) is 78.1 cm³/mol. The molecule has 0 saturated carbocycles. The van der Waals surface area contributed by atoms with Crippen molar-refractivity contribution >= 4 is 27.6 Å². The number of halogens is 4. The minimum absolute atomic E-state index is 0.219. The average molecular weight is 368 g/mol. The first-order chi connectivity index (χ1) is 9.79. The van der Waals surface area contributed by atoms with E-state index in [0.29, 0.717) is 10.9 Å². The normalized spacial score (nSPS) is 12.9. The van der Waals surface area contributed by atoms with Crippen LogP contribution in [0.5, 0.6) is 0 Å². The number of ether oxygens (including phenoxy) is 1. The average Bonchev–Trinajstić information content (AvgIpc) is 2.43. The summed E-state index contributed by atoms with van der Waals surface area (Å²) in [4.78, 5) is 11.7. The Morgan fingerprint density at radius 1 is 1.43 bits per heavy atom. The molecule has 1 atom stereocenters. The van der Waals surface area contributed by atoms with Gasteiger partial charge in [-0.2, -0.15) is 13.2 Å². The SMILES string of the molecule is CCCCC(Nc1cc(C(F)(F)F)ccc1Br)C(=O)OC. The van der Waals surface area contributed by atoms with Gasteiger partial charge in [-0.3, -0.25) is 0 Å². The number of methoxy groups -OCH3 is 1. The smallest absolute Gasteiger partial charge is 0.416 e. The van der Waals surface area contributed by atoms with Gasteiger partial charge in [0.05, 0.1) is 12.7 Å². The molecule has 0 radical (unpaired) electrons. The lowest BCUT2D eigenvalue weighted by atomic mass is 10.1. The van der Waals surface area contributed by atoms with E-state index in [-0.39, 0.29) is 5.69 Å². The Labute approximate surface area is 130 Å². The van der Waals surface area contributed by atoms with Crippen LogP contribution in [-0.4, -0.2) is 19.1 Å². The quantitative estimate of drug-likeness (QED) is 0.746. The standard InChI is InChI=1S/C14H17BrF3NO2/c1-3-4-5-11(13(20)21-2)19-12-8-9(14(16,17)18)6-7-10(12)15/h6-8,11,19H,3-5H2,1-2H3. The van der Waals surface area contributed by atoms with Gasteiger partial charge >= 0.3 is 12.1 Å². The zero-order valence-electron chi connectivity index (χ0n) is 11.8. The summed E-state index contributed by atoms with van der Waals surface area (Å²) in [6.45, 7) is 1.97. The number of alkyl halides is 3. The van der Waals surface area contributed by atoms with Gasteiger partial charge in [0, 0.05) is 10.2 Å². The Morgan fingerprint density at radius 2 is 2.10 bits per heavy atom. The summed E-state index contributed by atoms with van der Waals surface area (Å²) in [5.74, 6) is -0.493. The first kappa shape index (κ1) is 17.8. The maximum Gasteiger partial charge on any atom is 0.416 e. The summed E-state index contributed by atoms with van der Waals surface area (Å²) in [6, 6.07) is 2.59. The largest absolute Gasteiger partial charge is 0.467 e. The van der Waals surface area contributed by atoms with E-state index in [1.165, 1.54) is 13.2 Å². The van der Waals surface area contributed by atoms with E-state index in [1.807, 2.05) is 6.92 Å². The van der Waals surface area contributed by atoms with Gasteiger partial charge in [-0.25, -0.2) is 4.79 Å². The van der Waals surface area contributed by atoms with Crippen LogP contribution in [0.3, 0.4) is 0 Å². The number of rotatable bonds is 6. The zero-order chi connectivity index (χ0) is 16.0. The van der Waals surface area contributed by atoms with Gasteiger partial charge in [0.2, 0.25) is 0 Å². The summed E-state index contributed by atoms with van der Waals surface area (Å²) in [5.41, 5.74) is -0.552. The molecule has 0 fully saturated rings. The van der Waals surface area contributed by atoms with Crippen molar-refractivity contribution in [3.05, 3.63) is 28.2 Å². The van der Waals surface area contributed by atoms with Crippen molar-refractivity contribution in [3.63, 3.8) is 0 Å².